The number of nitrogen functional groups attached to an aromatic ring is 1. The molecule has 1 aliphatic rings. The third-order valence-corrected chi connectivity index (χ3v) is 8.96. The molecule has 14 heteroatoms. The first-order valence-corrected chi connectivity index (χ1v) is 16.0. The number of benzene rings is 1. The van der Waals surface area contributed by atoms with Crippen LogP contribution in [-0.4, -0.2) is 91.1 Å². The molecule has 0 spiro atoms. The Morgan fingerprint density at radius 3 is 2.47 bits per heavy atom. The third kappa shape index (κ3) is 6.27. The van der Waals surface area contributed by atoms with E-state index in [0.717, 1.165) is 17.5 Å². The summed E-state index contributed by atoms with van der Waals surface area (Å²) in [6, 6.07) is 9.68. The fourth-order valence-electron chi connectivity index (χ4n) is 5.60. The molecule has 0 radical (unpaired) electrons. The highest BCUT2D eigenvalue weighted by atomic mass is 32.2. The summed E-state index contributed by atoms with van der Waals surface area (Å²) in [5.74, 6) is -0.508. The molecule has 1 fully saturated rings. The Balaban J connectivity index is 1.50. The molecule has 230 valence electrons. The predicted molar refractivity (Wildman–Crippen MR) is 160 cm³/mol. The van der Waals surface area contributed by atoms with E-state index in [1.807, 2.05) is 36.5 Å². The molecule has 0 unspecified atom stereocenters. The van der Waals surface area contributed by atoms with Gasteiger partial charge in [0.15, 0.2) is 15.5 Å². The van der Waals surface area contributed by atoms with Crippen LogP contribution < -0.4 is 11.1 Å². The number of nitrogens with two attached hydrogens (primary N) is 1. The molecule has 5 rings (SSSR count). The fourth-order valence-corrected chi connectivity index (χ4v) is 6.66. The van der Waals surface area contributed by atoms with E-state index >= 15 is 0 Å². The van der Waals surface area contributed by atoms with Crippen molar-refractivity contribution in [2.75, 3.05) is 52.6 Å². The van der Waals surface area contributed by atoms with Crippen LogP contribution in [0.5, 0.6) is 0 Å². The summed E-state index contributed by atoms with van der Waals surface area (Å²) in [5.41, 5.74) is 8.54. The van der Waals surface area contributed by atoms with E-state index in [9.17, 15) is 13.2 Å². The number of ether oxygens (including phenoxy) is 3. The van der Waals surface area contributed by atoms with Gasteiger partial charge in [0, 0.05) is 50.3 Å². The number of anilines is 1. The van der Waals surface area contributed by atoms with Crippen LogP contribution >= 0.6 is 0 Å². The molecule has 3 heterocycles. The van der Waals surface area contributed by atoms with Gasteiger partial charge in [-0.25, -0.2) is 18.1 Å². The normalized spacial score (nSPS) is 19.1. The van der Waals surface area contributed by atoms with Gasteiger partial charge in [0.05, 0.1) is 43.6 Å². The Hall–Kier alpha value is -3.85. The number of para-hydroxylation sites is 1. The van der Waals surface area contributed by atoms with Gasteiger partial charge < -0.3 is 25.3 Å². The average molecular weight is 612 g/mol. The lowest BCUT2D eigenvalue weighted by Gasteiger charge is -2.39. The first-order valence-electron chi connectivity index (χ1n) is 14.1. The molecule has 3 aromatic heterocycles. The first-order chi connectivity index (χ1) is 20.7. The lowest BCUT2D eigenvalue weighted by molar-refractivity contribution is -0.155. The average Bonchev–Trinajstić information content (AvgIpc) is 3.65. The van der Waals surface area contributed by atoms with Crippen LogP contribution in [-0.2, 0) is 28.8 Å². The number of carbonyl (C=O) groups is 1. The van der Waals surface area contributed by atoms with Crippen LogP contribution in [0.2, 0.25) is 0 Å². The predicted octanol–water partition coefficient (Wildman–Crippen LogP) is 2.39. The van der Waals surface area contributed by atoms with Crippen molar-refractivity contribution in [2.24, 2.45) is 0 Å². The number of aromatic nitrogens is 5. The molecule has 0 bridgehead atoms. The summed E-state index contributed by atoms with van der Waals surface area (Å²) in [7, 11) is -0.636. The number of fused-ring (bicyclic) bond motifs is 1. The number of amides is 1. The van der Waals surface area contributed by atoms with Gasteiger partial charge >= 0.3 is 0 Å². The SMILES string of the molecule is COCCNC(=O)[C@]1(OCCOC)CC[C@@H](c2nc3c(-c4cnn(-c5ccccc5)c4)cnn3c(N)c2S(C)(=O)=O)CC1. The minimum absolute atomic E-state index is 0.00492. The molecule has 4 aromatic rings. The van der Waals surface area contributed by atoms with Crippen molar-refractivity contribution in [3.8, 4) is 16.8 Å². The minimum atomic E-state index is -3.78. The van der Waals surface area contributed by atoms with E-state index in [2.05, 4.69) is 15.5 Å². The van der Waals surface area contributed by atoms with Crippen molar-refractivity contribution in [1.29, 1.82) is 0 Å². The molecule has 1 aliphatic carbocycles. The van der Waals surface area contributed by atoms with Gasteiger partial charge in [0.2, 0.25) is 0 Å². The van der Waals surface area contributed by atoms with E-state index in [0.29, 0.717) is 62.3 Å². The van der Waals surface area contributed by atoms with Crippen LogP contribution in [0.4, 0.5) is 5.82 Å². The standard InChI is InChI=1S/C29H37N7O6S/c1-40-14-13-31-28(37)29(42-16-15-41-2)11-9-20(10-12-29)24-25(43(3,38)39)26(30)36-27(34-24)23(18-33-36)21-17-32-35(19-21)22-7-5-4-6-8-22/h4-8,17-20H,9-16,30H2,1-3H3,(H,31,37)/t20-,29+. The number of hydrogen-bond donors (Lipinski definition) is 2. The summed E-state index contributed by atoms with van der Waals surface area (Å²) < 4.78 is 45.6. The Morgan fingerprint density at radius 1 is 1.07 bits per heavy atom. The van der Waals surface area contributed by atoms with Crippen LogP contribution in [0, 0.1) is 0 Å². The summed E-state index contributed by atoms with van der Waals surface area (Å²) in [6.07, 6.45) is 7.97. The smallest absolute Gasteiger partial charge is 0.252 e. The van der Waals surface area contributed by atoms with Crippen molar-refractivity contribution in [2.45, 2.75) is 42.1 Å². The zero-order valence-electron chi connectivity index (χ0n) is 24.5. The number of methoxy groups -OCH3 is 2. The number of nitrogens with one attached hydrogen (secondary N) is 1. The molecule has 13 nitrogen and oxygen atoms in total. The van der Waals surface area contributed by atoms with Gasteiger partial charge in [-0.1, -0.05) is 18.2 Å². The van der Waals surface area contributed by atoms with Crippen molar-refractivity contribution in [3.05, 3.63) is 54.6 Å². The zero-order valence-corrected chi connectivity index (χ0v) is 25.3. The minimum Gasteiger partial charge on any atom is -0.383 e. The monoisotopic (exact) mass is 611 g/mol. The maximum absolute atomic E-state index is 13.3. The van der Waals surface area contributed by atoms with Gasteiger partial charge in [-0.2, -0.15) is 14.7 Å². The Morgan fingerprint density at radius 2 is 1.79 bits per heavy atom. The van der Waals surface area contributed by atoms with Gasteiger partial charge in [-0.15, -0.1) is 0 Å². The molecule has 0 saturated heterocycles. The number of hydrogen-bond acceptors (Lipinski definition) is 10. The largest absolute Gasteiger partial charge is 0.383 e. The molecule has 1 aromatic carbocycles. The van der Waals surface area contributed by atoms with Crippen molar-refractivity contribution in [1.82, 2.24) is 29.7 Å². The van der Waals surface area contributed by atoms with E-state index in [1.54, 1.807) is 31.3 Å². The Kier molecular flexibility index (Phi) is 9.11. The van der Waals surface area contributed by atoms with Crippen molar-refractivity contribution in [3.63, 3.8) is 0 Å². The number of carbonyl (C=O) groups excluding carboxylic acids is 1. The number of nitrogens with zero attached hydrogens (tertiary/aromatic N) is 5. The summed E-state index contributed by atoms with van der Waals surface area (Å²) in [6.45, 7) is 1.32. The second-order valence-electron chi connectivity index (χ2n) is 10.6. The first kappa shape index (κ1) is 30.6. The third-order valence-electron chi connectivity index (χ3n) is 7.80. The highest BCUT2D eigenvalue weighted by molar-refractivity contribution is 7.91. The van der Waals surface area contributed by atoms with Gasteiger partial charge in [-0.05, 0) is 37.8 Å². The summed E-state index contributed by atoms with van der Waals surface area (Å²) >= 11 is 0. The van der Waals surface area contributed by atoms with Crippen LogP contribution in [0.3, 0.4) is 0 Å². The molecule has 3 N–H and O–H groups in total. The molecule has 0 aliphatic heterocycles. The fraction of sp³-hybridized carbons (Fsp3) is 0.448. The molecule has 1 saturated carbocycles. The lowest BCUT2D eigenvalue weighted by Crippen LogP contribution is -2.52. The van der Waals surface area contributed by atoms with E-state index in [1.165, 1.54) is 4.52 Å². The van der Waals surface area contributed by atoms with Crippen molar-refractivity contribution >= 4 is 27.2 Å². The van der Waals surface area contributed by atoms with E-state index < -0.39 is 15.4 Å². The lowest BCUT2D eigenvalue weighted by atomic mass is 9.76. The highest BCUT2D eigenvalue weighted by Gasteiger charge is 2.44. The molecule has 43 heavy (non-hydrogen) atoms. The van der Waals surface area contributed by atoms with Crippen LogP contribution in [0.1, 0.15) is 37.3 Å². The maximum Gasteiger partial charge on any atom is 0.252 e. The van der Waals surface area contributed by atoms with E-state index in [4.69, 9.17) is 24.9 Å². The topological polar surface area (TPSA) is 165 Å². The summed E-state index contributed by atoms with van der Waals surface area (Å²) in [5, 5.41) is 11.8. The van der Waals surface area contributed by atoms with Crippen molar-refractivity contribution < 1.29 is 27.4 Å². The Labute approximate surface area is 250 Å². The number of sulfone groups is 1. The maximum atomic E-state index is 13.3. The molecule has 0 atom stereocenters. The molecule has 1 amide bonds. The zero-order chi connectivity index (χ0) is 30.6. The van der Waals surface area contributed by atoms with Crippen LogP contribution in [0.15, 0.2) is 53.8 Å². The second-order valence-corrected chi connectivity index (χ2v) is 12.6. The van der Waals surface area contributed by atoms with Gasteiger partial charge in [-0.3, -0.25) is 4.79 Å². The van der Waals surface area contributed by atoms with E-state index in [-0.39, 0.29) is 29.1 Å². The summed E-state index contributed by atoms with van der Waals surface area (Å²) in [4.78, 5) is 18.1. The molecular formula is C29H37N7O6S. The van der Waals surface area contributed by atoms with Crippen LogP contribution in [0.25, 0.3) is 22.5 Å². The van der Waals surface area contributed by atoms with Gasteiger partial charge in [0.1, 0.15) is 16.3 Å². The molecular weight excluding hydrogens is 574 g/mol. The second kappa shape index (κ2) is 12.8. The Bertz CT molecular complexity index is 1680. The highest BCUT2D eigenvalue weighted by Crippen LogP contribution is 2.43. The number of rotatable bonds is 12. The quantitative estimate of drug-likeness (QED) is 0.227. The van der Waals surface area contributed by atoms with Gasteiger partial charge in [0.25, 0.3) is 5.91 Å².